The third-order valence-electron chi connectivity index (χ3n) is 4.09. The van der Waals surface area contributed by atoms with Gasteiger partial charge in [0.2, 0.25) is 0 Å². The van der Waals surface area contributed by atoms with Gasteiger partial charge in [0.15, 0.2) is 0 Å². The van der Waals surface area contributed by atoms with Crippen LogP contribution >= 0.6 is 0 Å². The van der Waals surface area contributed by atoms with Gasteiger partial charge in [0.25, 0.3) is 0 Å². The van der Waals surface area contributed by atoms with E-state index in [2.05, 4.69) is 25.1 Å². The molecule has 21 heavy (non-hydrogen) atoms. The normalized spacial score (nSPS) is 18.7. The molecule has 4 nitrogen and oxygen atoms in total. The zero-order chi connectivity index (χ0) is 14.8. The lowest BCUT2D eigenvalue weighted by atomic mass is 10.1. The predicted octanol–water partition coefficient (Wildman–Crippen LogP) is 2.63. The number of aliphatic hydroxyl groups excluding tert-OH is 1. The second-order valence-electron chi connectivity index (χ2n) is 5.59. The number of nitrogens with zero attached hydrogens (tertiary/aromatic N) is 3. The maximum Gasteiger partial charge on any atom is 0.147 e. The summed E-state index contributed by atoms with van der Waals surface area (Å²) in [4.78, 5) is 6.74. The molecule has 0 aliphatic carbocycles. The molecular weight excluding hydrogens is 262 g/mol. The quantitative estimate of drug-likeness (QED) is 0.919. The minimum absolute atomic E-state index is 0.329. The van der Waals surface area contributed by atoms with Crippen LogP contribution in [0.1, 0.15) is 30.9 Å². The summed E-state index contributed by atoms with van der Waals surface area (Å²) in [7, 11) is 0. The lowest BCUT2D eigenvalue weighted by molar-refractivity contribution is 0.154. The number of nitriles is 1. The van der Waals surface area contributed by atoms with Gasteiger partial charge in [0.05, 0.1) is 17.2 Å². The van der Waals surface area contributed by atoms with E-state index in [0.29, 0.717) is 17.9 Å². The van der Waals surface area contributed by atoms with Crippen LogP contribution in [-0.4, -0.2) is 29.3 Å². The molecule has 1 aromatic heterocycles. The molecule has 0 amide bonds. The fraction of sp³-hybridized carbons (Fsp3) is 0.412. The van der Waals surface area contributed by atoms with Gasteiger partial charge >= 0.3 is 0 Å². The lowest BCUT2D eigenvalue weighted by Crippen LogP contribution is -2.39. The third kappa shape index (κ3) is 2.70. The minimum atomic E-state index is -0.329. The molecule has 3 rings (SSSR count). The molecule has 1 N–H and O–H groups in total. The summed E-state index contributed by atoms with van der Waals surface area (Å²) in [6.45, 7) is 3.52. The van der Waals surface area contributed by atoms with E-state index in [0.717, 1.165) is 36.7 Å². The molecule has 0 unspecified atom stereocenters. The Bertz CT molecular complexity index is 705. The Morgan fingerprint density at radius 1 is 1.43 bits per heavy atom. The summed E-state index contributed by atoms with van der Waals surface area (Å²) in [5.74, 6) is 0.706. The molecule has 1 saturated heterocycles. The van der Waals surface area contributed by atoms with Gasteiger partial charge in [0, 0.05) is 18.5 Å². The van der Waals surface area contributed by atoms with Crippen molar-refractivity contribution < 1.29 is 5.11 Å². The summed E-state index contributed by atoms with van der Waals surface area (Å²) in [6, 6.07) is 10.3. The van der Waals surface area contributed by atoms with Crippen molar-refractivity contribution in [3.8, 4) is 6.07 Å². The van der Waals surface area contributed by atoms with Crippen LogP contribution in [-0.2, 0) is 6.42 Å². The second-order valence-corrected chi connectivity index (χ2v) is 5.59. The molecule has 2 aromatic rings. The Labute approximate surface area is 124 Å². The summed E-state index contributed by atoms with van der Waals surface area (Å²) < 4.78 is 0. The van der Waals surface area contributed by atoms with Gasteiger partial charge < -0.3 is 10.0 Å². The SMILES string of the molecule is CCc1ccc2cc(C#N)c(N3CCC[C@@H](O)C3)nc2c1. The van der Waals surface area contributed by atoms with Crippen molar-refractivity contribution in [2.24, 2.45) is 0 Å². The number of β-amino-alcohol motifs (C(OH)–C–C–N with tert-alkyl or cyclic N) is 1. The maximum atomic E-state index is 9.85. The smallest absolute Gasteiger partial charge is 0.147 e. The Balaban J connectivity index is 2.09. The van der Waals surface area contributed by atoms with Crippen molar-refractivity contribution in [1.29, 1.82) is 5.26 Å². The van der Waals surface area contributed by atoms with Crippen LogP contribution in [0.3, 0.4) is 0 Å². The van der Waals surface area contributed by atoms with E-state index in [4.69, 9.17) is 4.98 Å². The maximum absolute atomic E-state index is 9.85. The predicted molar refractivity (Wildman–Crippen MR) is 83.3 cm³/mol. The fourth-order valence-electron chi connectivity index (χ4n) is 2.89. The first-order chi connectivity index (χ1) is 10.2. The van der Waals surface area contributed by atoms with Crippen LogP contribution in [0.4, 0.5) is 5.82 Å². The molecular formula is C17H19N3O. The summed E-state index contributed by atoms with van der Waals surface area (Å²) in [5.41, 5.74) is 2.74. The highest BCUT2D eigenvalue weighted by Crippen LogP contribution is 2.26. The largest absolute Gasteiger partial charge is 0.391 e. The molecule has 0 spiro atoms. The van der Waals surface area contributed by atoms with Crippen LogP contribution in [0, 0.1) is 11.3 Å². The van der Waals surface area contributed by atoms with Crippen molar-refractivity contribution in [2.75, 3.05) is 18.0 Å². The number of hydrogen-bond donors (Lipinski definition) is 1. The summed E-state index contributed by atoms with van der Waals surface area (Å²) in [5, 5.41) is 20.2. The number of hydrogen-bond acceptors (Lipinski definition) is 4. The molecule has 1 aromatic carbocycles. The monoisotopic (exact) mass is 281 g/mol. The highest BCUT2D eigenvalue weighted by Gasteiger charge is 2.21. The number of aromatic nitrogens is 1. The second kappa shape index (κ2) is 5.71. The number of anilines is 1. The van der Waals surface area contributed by atoms with E-state index in [9.17, 15) is 10.4 Å². The number of pyridine rings is 1. The van der Waals surface area contributed by atoms with Crippen LogP contribution in [0.15, 0.2) is 24.3 Å². The fourth-order valence-corrected chi connectivity index (χ4v) is 2.89. The van der Waals surface area contributed by atoms with Crippen molar-refractivity contribution in [2.45, 2.75) is 32.3 Å². The molecule has 1 atom stereocenters. The van der Waals surface area contributed by atoms with Gasteiger partial charge in [-0.2, -0.15) is 5.26 Å². The first-order valence-electron chi connectivity index (χ1n) is 7.48. The molecule has 2 heterocycles. The summed E-state index contributed by atoms with van der Waals surface area (Å²) >= 11 is 0. The molecule has 1 aliphatic heterocycles. The minimum Gasteiger partial charge on any atom is -0.391 e. The number of fused-ring (bicyclic) bond motifs is 1. The number of aliphatic hydroxyl groups is 1. The zero-order valence-electron chi connectivity index (χ0n) is 12.2. The van der Waals surface area contributed by atoms with Gasteiger partial charge in [0.1, 0.15) is 11.9 Å². The van der Waals surface area contributed by atoms with Gasteiger partial charge in [-0.1, -0.05) is 19.1 Å². The Hall–Kier alpha value is -2.12. The third-order valence-corrected chi connectivity index (χ3v) is 4.09. The van der Waals surface area contributed by atoms with Crippen LogP contribution < -0.4 is 4.90 Å². The molecule has 108 valence electrons. The Kier molecular flexibility index (Phi) is 3.76. The van der Waals surface area contributed by atoms with E-state index >= 15 is 0 Å². The van der Waals surface area contributed by atoms with Crippen molar-refractivity contribution >= 4 is 16.7 Å². The lowest BCUT2D eigenvalue weighted by Gasteiger charge is -2.31. The van der Waals surface area contributed by atoms with Gasteiger partial charge in [-0.15, -0.1) is 0 Å². The molecule has 4 heteroatoms. The van der Waals surface area contributed by atoms with Crippen molar-refractivity contribution in [1.82, 2.24) is 4.98 Å². The molecule has 0 bridgehead atoms. The first-order valence-corrected chi connectivity index (χ1v) is 7.48. The van der Waals surface area contributed by atoms with E-state index in [1.165, 1.54) is 5.56 Å². The van der Waals surface area contributed by atoms with E-state index in [1.807, 2.05) is 17.0 Å². The highest BCUT2D eigenvalue weighted by molar-refractivity contribution is 5.83. The average molecular weight is 281 g/mol. The number of piperidine rings is 1. The van der Waals surface area contributed by atoms with E-state index in [-0.39, 0.29) is 6.10 Å². The van der Waals surface area contributed by atoms with Crippen LogP contribution in [0.2, 0.25) is 0 Å². The first kappa shape index (κ1) is 13.8. The molecule has 0 saturated carbocycles. The molecule has 0 radical (unpaired) electrons. The number of benzene rings is 1. The number of rotatable bonds is 2. The Morgan fingerprint density at radius 3 is 3.00 bits per heavy atom. The average Bonchev–Trinajstić information content (AvgIpc) is 2.53. The van der Waals surface area contributed by atoms with Crippen LogP contribution in [0.5, 0.6) is 0 Å². The van der Waals surface area contributed by atoms with Crippen LogP contribution in [0.25, 0.3) is 10.9 Å². The standard InChI is InChI=1S/C17H19N3O/c1-2-12-5-6-13-9-14(10-18)17(19-16(13)8-12)20-7-3-4-15(21)11-20/h5-6,8-9,15,21H,2-4,7,11H2,1H3/t15-/m1/s1. The molecule has 1 fully saturated rings. The topological polar surface area (TPSA) is 60.2 Å². The van der Waals surface area contributed by atoms with Gasteiger partial charge in [-0.3, -0.25) is 0 Å². The van der Waals surface area contributed by atoms with E-state index < -0.39 is 0 Å². The number of aryl methyl sites for hydroxylation is 1. The molecule has 1 aliphatic rings. The van der Waals surface area contributed by atoms with Gasteiger partial charge in [-0.05, 0) is 37.0 Å². The van der Waals surface area contributed by atoms with Crippen molar-refractivity contribution in [3.63, 3.8) is 0 Å². The van der Waals surface area contributed by atoms with Crippen molar-refractivity contribution in [3.05, 3.63) is 35.4 Å². The van der Waals surface area contributed by atoms with Gasteiger partial charge in [-0.25, -0.2) is 4.98 Å². The zero-order valence-corrected chi connectivity index (χ0v) is 12.2. The summed E-state index contributed by atoms with van der Waals surface area (Å²) in [6.07, 6.45) is 2.40. The van der Waals surface area contributed by atoms with E-state index in [1.54, 1.807) is 0 Å². The Morgan fingerprint density at radius 2 is 2.29 bits per heavy atom. The highest BCUT2D eigenvalue weighted by atomic mass is 16.3.